The van der Waals surface area contributed by atoms with Gasteiger partial charge < -0.3 is 29.6 Å². The van der Waals surface area contributed by atoms with Crippen LogP contribution in [0.4, 0.5) is 0 Å². The van der Waals surface area contributed by atoms with E-state index < -0.39 is 42.1 Å². The van der Waals surface area contributed by atoms with E-state index in [2.05, 4.69) is 32.7 Å². The summed E-state index contributed by atoms with van der Waals surface area (Å²) >= 11 is 0. The van der Waals surface area contributed by atoms with Crippen molar-refractivity contribution >= 4 is 24.8 Å². The Hall–Kier alpha value is -3.35. The molecule has 2 fully saturated rings. The first-order valence-corrected chi connectivity index (χ1v) is 14.2. The summed E-state index contributed by atoms with van der Waals surface area (Å²) in [6.07, 6.45) is 6.09. The van der Waals surface area contributed by atoms with Crippen molar-refractivity contribution in [2.75, 3.05) is 26.3 Å². The Morgan fingerprint density at radius 2 is 1.68 bits per heavy atom. The number of hydrogen-bond acceptors (Lipinski definition) is 8. The molecule has 1 aromatic carbocycles. The fourth-order valence-electron chi connectivity index (χ4n) is 4.76. The van der Waals surface area contributed by atoms with E-state index in [4.69, 9.17) is 14.0 Å². The van der Waals surface area contributed by atoms with Gasteiger partial charge in [0.2, 0.25) is 11.8 Å². The lowest BCUT2D eigenvalue weighted by Crippen LogP contribution is -2.56. The molecular weight excluding hydrogens is 525 g/mol. The monoisotopic (exact) mass is 565 g/mol. The smallest absolute Gasteiger partial charge is 0.402 e. The molecule has 12 heteroatoms. The van der Waals surface area contributed by atoms with E-state index in [1.807, 2.05) is 45.9 Å². The number of nitrogens with zero attached hydrogens (tertiary/aromatic N) is 3. The molecule has 2 atom stereocenters. The Morgan fingerprint density at radius 1 is 1.00 bits per heavy atom. The number of morpholine rings is 1. The first-order valence-electron chi connectivity index (χ1n) is 14.2. The molecule has 1 aromatic heterocycles. The standard InChI is InChI=1S/C29H40BN5O6/c1-28(2)29(3,4)41-30(40-28)24(12-8-11-21-9-6-5-7-10-21)34-26(37)22(19-25(36)35-15-17-39-18-16-35)33-27(38)23-20-31-13-14-32-23/h5-7,9-10,13-14,20,22,24H,8,11-12,15-19H2,1-4H3,(H,33,38)(H,34,37)/t22?,24-/m0/s1. The molecule has 1 unspecified atom stereocenters. The van der Waals surface area contributed by atoms with Gasteiger partial charge in [0.15, 0.2) is 0 Å². The molecule has 2 aliphatic heterocycles. The van der Waals surface area contributed by atoms with Crippen LogP contribution in [0, 0.1) is 0 Å². The van der Waals surface area contributed by atoms with Gasteiger partial charge in [-0.3, -0.25) is 19.4 Å². The van der Waals surface area contributed by atoms with E-state index in [9.17, 15) is 14.4 Å². The topological polar surface area (TPSA) is 132 Å². The molecule has 0 saturated carbocycles. The van der Waals surface area contributed by atoms with E-state index in [-0.39, 0.29) is 18.0 Å². The van der Waals surface area contributed by atoms with Gasteiger partial charge in [-0.15, -0.1) is 0 Å². The van der Waals surface area contributed by atoms with Crippen molar-refractivity contribution in [3.05, 3.63) is 60.2 Å². The zero-order valence-electron chi connectivity index (χ0n) is 24.3. The number of aromatic nitrogens is 2. The lowest BCUT2D eigenvalue weighted by molar-refractivity contribution is -0.138. The van der Waals surface area contributed by atoms with Crippen molar-refractivity contribution in [3.63, 3.8) is 0 Å². The SMILES string of the molecule is CC1(C)OB([C@H](CCCc2ccccc2)NC(=O)C(CC(=O)N2CCOCC2)NC(=O)c2cnccn2)OC1(C)C. The Labute approximate surface area is 241 Å². The molecule has 4 rings (SSSR count). The van der Waals surface area contributed by atoms with Crippen LogP contribution < -0.4 is 10.6 Å². The average molecular weight is 565 g/mol. The molecule has 0 aliphatic carbocycles. The third-order valence-electron chi connectivity index (χ3n) is 7.91. The van der Waals surface area contributed by atoms with E-state index in [0.717, 1.165) is 12.8 Å². The van der Waals surface area contributed by atoms with Crippen LogP contribution in [0.15, 0.2) is 48.9 Å². The Balaban J connectivity index is 1.51. The average Bonchev–Trinajstić information content (AvgIpc) is 3.19. The molecule has 0 radical (unpaired) electrons. The van der Waals surface area contributed by atoms with Crippen LogP contribution >= 0.6 is 0 Å². The molecule has 0 bridgehead atoms. The zero-order chi connectivity index (χ0) is 29.5. The Morgan fingerprint density at radius 3 is 2.32 bits per heavy atom. The number of carbonyl (C=O) groups excluding carboxylic acids is 3. The number of amides is 3. The normalized spacial score (nSPS) is 19.3. The molecule has 2 saturated heterocycles. The number of ether oxygens (including phenoxy) is 1. The van der Waals surface area contributed by atoms with Gasteiger partial charge in [0.1, 0.15) is 11.7 Å². The zero-order valence-corrected chi connectivity index (χ0v) is 24.3. The molecule has 0 spiro atoms. The lowest BCUT2D eigenvalue weighted by Gasteiger charge is -2.32. The first-order chi connectivity index (χ1) is 19.6. The fourth-order valence-corrected chi connectivity index (χ4v) is 4.76. The summed E-state index contributed by atoms with van der Waals surface area (Å²) in [7, 11) is -0.703. The van der Waals surface area contributed by atoms with Crippen molar-refractivity contribution in [1.29, 1.82) is 0 Å². The van der Waals surface area contributed by atoms with Gasteiger partial charge in [0.05, 0.1) is 43.0 Å². The van der Waals surface area contributed by atoms with E-state index in [1.54, 1.807) is 4.90 Å². The number of hydrogen-bond donors (Lipinski definition) is 2. The van der Waals surface area contributed by atoms with Gasteiger partial charge in [-0.1, -0.05) is 30.3 Å². The summed E-state index contributed by atoms with van der Waals surface area (Å²) in [5.74, 6) is -1.85. The maximum absolute atomic E-state index is 13.8. The number of benzene rings is 1. The minimum Gasteiger partial charge on any atom is -0.402 e. The first kappa shape index (κ1) is 30.6. The maximum Gasteiger partial charge on any atom is 0.481 e. The Kier molecular flexibility index (Phi) is 10.1. The molecule has 3 amide bonds. The van der Waals surface area contributed by atoms with Crippen LogP contribution in [0.1, 0.15) is 63.0 Å². The van der Waals surface area contributed by atoms with Crippen molar-refractivity contribution in [2.45, 2.75) is 76.6 Å². The summed E-state index contributed by atoms with van der Waals surface area (Å²) in [6.45, 7) is 9.56. The Bertz CT molecular complexity index is 1160. The van der Waals surface area contributed by atoms with Crippen LogP contribution in [0.25, 0.3) is 0 Å². The van der Waals surface area contributed by atoms with E-state index in [1.165, 1.54) is 24.2 Å². The van der Waals surface area contributed by atoms with Gasteiger partial charge in [-0.25, -0.2) is 4.98 Å². The third kappa shape index (κ3) is 8.11. The van der Waals surface area contributed by atoms with Crippen LogP contribution in [-0.2, 0) is 30.1 Å². The summed E-state index contributed by atoms with van der Waals surface area (Å²) < 4.78 is 18.0. The molecular formula is C29H40BN5O6. The minimum atomic E-state index is -1.14. The van der Waals surface area contributed by atoms with Crippen LogP contribution in [0.2, 0.25) is 0 Å². The molecule has 3 heterocycles. The molecule has 220 valence electrons. The quantitative estimate of drug-likeness (QED) is 0.396. The fraction of sp³-hybridized carbons (Fsp3) is 0.552. The highest BCUT2D eigenvalue weighted by Crippen LogP contribution is 2.38. The minimum absolute atomic E-state index is 0.0505. The van der Waals surface area contributed by atoms with Crippen molar-refractivity contribution < 1.29 is 28.4 Å². The molecule has 11 nitrogen and oxygen atoms in total. The number of nitrogens with one attached hydrogen (secondary N) is 2. The second kappa shape index (κ2) is 13.5. The third-order valence-corrected chi connectivity index (χ3v) is 7.91. The van der Waals surface area contributed by atoms with E-state index in [0.29, 0.717) is 32.7 Å². The van der Waals surface area contributed by atoms with Crippen LogP contribution in [0.3, 0.4) is 0 Å². The van der Waals surface area contributed by atoms with Gasteiger partial charge in [-0.05, 0) is 52.5 Å². The number of aryl methyl sites for hydroxylation is 1. The molecule has 2 aromatic rings. The maximum atomic E-state index is 13.8. The largest absolute Gasteiger partial charge is 0.481 e. The highest BCUT2D eigenvalue weighted by Gasteiger charge is 2.54. The van der Waals surface area contributed by atoms with Crippen LogP contribution in [-0.4, -0.2) is 89.2 Å². The second-order valence-corrected chi connectivity index (χ2v) is 11.4. The summed E-state index contributed by atoms with van der Waals surface area (Å²) in [6, 6.07) is 8.97. The summed E-state index contributed by atoms with van der Waals surface area (Å²) in [4.78, 5) is 49.5. The molecule has 2 N–H and O–H groups in total. The summed E-state index contributed by atoms with van der Waals surface area (Å²) in [5, 5.41) is 5.75. The number of carbonyl (C=O) groups is 3. The lowest BCUT2D eigenvalue weighted by atomic mass is 9.75. The van der Waals surface area contributed by atoms with Crippen molar-refractivity contribution in [2.24, 2.45) is 0 Å². The van der Waals surface area contributed by atoms with E-state index >= 15 is 0 Å². The molecule has 2 aliphatic rings. The highest BCUT2D eigenvalue weighted by molar-refractivity contribution is 6.48. The predicted octanol–water partition coefficient (Wildman–Crippen LogP) is 1.96. The van der Waals surface area contributed by atoms with Crippen molar-refractivity contribution in [3.8, 4) is 0 Å². The van der Waals surface area contributed by atoms with Gasteiger partial charge in [0, 0.05) is 25.5 Å². The summed E-state index contributed by atoms with van der Waals surface area (Å²) in [5.41, 5.74) is 0.0593. The van der Waals surface area contributed by atoms with Crippen molar-refractivity contribution in [1.82, 2.24) is 25.5 Å². The van der Waals surface area contributed by atoms with Gasteiger partial charge >= 0.3 is 7.12 Å². The van der Waals surface area contributed by atoms with Gasteiger partial charge in [-0.2, -0.15) is 0 Å². The second-order valence-electron chi connectivity index (χ2n) is 11.4. The van der Waals surface area contributed by atoms with Crippen LogP contribution in [0.5, 0.6) is 0 Å². The van der Waals surface area contributed by atoms with Gasteiger partial charge in [0.25, 0.3) is 5.91 Å². The molecule has 41 heavy (non-hydrogen) atoms. The highest BCUT2D eigenvalue weighted by atomic mass is 16.7. The predicted molar refractivity (Wildman–Crippen MR) is 153 cm³/mol. The number of rotatable bonds is 11.